The molecule has 0 aliphatic carbocycles. The summed E-state index contributed by atoms with van der Waals surface area (Å²) in [4.78, 5) is 26.0. The van der Waals surface area contributed by atoms with Crippen LogP contribution in [0.4, 0.5) is 5.69 Å². The van der Waals surface area contributed by atoms with E-state index in [1.165, 1.54) is 0 Å². The molecule has 32 heavy (non-hydrogen) atoms. The molecule has 1 aromatic carbocycles. The van der Waals surface area contributed by atoms with Gasteiger partial charge >= 0.3 is 0 Å². The van der Waals surface area contributed by atoms with E-state index in [0.717, 1.165) is 29.9 Å². The molecule has 1 fully saturated rings. The standard InChI is InChI=1S/C25H26N4O3/c1-31-19-32-23-6-4-21(5-7-23)24(17-20-3-2-10-27-18-20)25(30)29-15-13-28(14-16-29)22-8-11-26-12-9-22/h2-12,17-18H,13-16,19H2,1H3. The monoisotopic (exact) mass is 430 g/mol. The third-order valence-corrected chi connectivity index (χ3v) is 5.33. The van der Waals surface area contributed by atoms with Gasteiger partial charge in [0.25, 0.3) is 5.91 Å². The number of pyridine rings is 2. The maximum atomic E-state index is 13.6. The van der Waals surface area contributed by atoms with Crippen LogP contribution in [-0.4, -0.2) is 60.9 Å². The number of anilines is 1. The Hall–Kier alpha value is -3.71. The lowest BCUT2D eigenvalue weighted by Crippen LogP contribution is -2.49. The number of amides is 1. The van der Waals surface area contributed by atoms with Gasteiger partial charge < -0.3 is 19.3 Å². The first-order valence-electron chi connectivity index (χ1n) is 10.5. The minimum atomic E-state index is 0.00814. The second-order valence-corrected chi connectivity index (χ2v) is 7.40. The summed E-state index contributed by atoms with van der Waals surface area (Å²) in [6.07, 6.45) is 8.96. The van der Waals surface area contributed by atoms with E-state index in [1.54, 1.807) is 31.9 Å². The Labute approximate surface area is 187 Å². The van der Waals surface area contributed by atoms with Gasteiger partial charge in [-0.1, -0.05) is 18.2 Å². The fourth-order valence-corrected chi connectivity index (χ4v) is 3.65. The highest BCUT2D eigenvalue weighted by Crippen LogP contribution is 2.25. The van der Waals surface area contributed by atoms with Gasteiger partial charge in [0.15, 0.2) is 6.79 Å². The molecule has 0 spiro atoms. The number of nitrogens with zero attached hydrogens (tertiary/aromatic N) is 4. The van der Waals surface area contributed by atoms with Crippen molar-refractivity contribution < 1.29 is 14.3 Å². The topological polar surface area (TPSA) is 67.8 Å². The van der Waals surface area contributed by atoms with Crippen LogP contribution in [0.25, 0.3) is 11.6 Å². The Morgan fingerprint density at radius 2 is 1.72 bits per heavy atom. The summed E-state index contributed by atoms with van der Waals surface area (Å²) in [7, 11) is 1.58. The molecule has 0 saturated carbocycles. The molecule has 1 aliphatic heterocycles. The molecule has 4 rings (SSSR count). The summed E-state index contributed by atoms with van der Waals surface area (Å²) in [5.41, 5.74) is 3.48. The van der Waals surface area contributed by atoms with Crippen LogP contribution < -0.4 is 9.64 Å². The van der Waals surface area contributed by atoms with E-state index in [0.29, 0.717) is 24.4 Å². The quantitative estimate of drug-likeness (QED) is 0.423. The van der Waals surface area contributed by atoms with Gasteiger partial charge in [0.2, 0.25) is 0 Å². The summed E-state index contributed by atoms with van der Waals surface area (Å²) in [5.74, 6) is 0.698. The maximum Gasteiger partial charge on any atom is 0.254 e. The summed E-state index contributed by atoms with van der Waals surface area (Å²) in [5, 5.41) is 0. The molecule has 0 bridgehead atoms. The van der Waals surface area contributed by atoms with Gasteiger partial charge in [-0.25, -0.2) is 0 Å². The molecule has 1 saturated heterocycles. The van der Waals surface area contributed by atoms with E-state index in [4.69, 9.17) is 9.47 Å². The Morgan fingerprint density at radius 3 is 2.38 bits per heavy atom. The number of carbonyl (C=O) groups is 1. The third-order valence-electron chi connectivity index (χ3n) is 5.33. The predicted molar refractivity (Wildman–Crippen MR) is 124 cm³/mol. The van der Waals surface area contributed by atoms with Crippen LogP contribution in [0.15, 0.2) is 73.3 Å². The fourth-order valence-electron chi connectivity index (χ4n) is 3.65. The molecule has 3 aromatic rings. The lowest BCUT2D eigenvalue weighted by Gasteiger charge is -2.36. The normalized spacial score (nSPS) is 14.3. The average Bonchev–Trinajstić information content (AvgIpc) is 2.87. The number of rotatable bonds is 7. The van der Waals surface area contributed by atoms with Crippen LogP contribution in [0.5, 0.6) is 5.75 Å². The number of ether oxygens (including phenoxy) is 2. The smallest absolute Gasteiger partial charge is 0.254 e. The van der Waals surface area contributed by atoms with Gasteiger partial charge in [0.05, 0.1) is 0 Å². The molecule has 3 heterocycles. The van der Waals surface area contributed by atoms with E-state index >= 15 is 0 Å². The van der Waals surface area contributed by atoms with Gasteiger partial charge in [-0.3, -0.25) is 14.8 Å². The summed E-state index contributed by atoms with van der Waals surface area (Å²) in [6, 6.07) is 15.3. The van der Waals surface area contributed by atoms with E-state index < -0.39 is 0 Å². The second-order valence-electron chi connectivity index (χ2n) is 7.40. The highest BCUT2D eigenvalue weighted by Gasteiger charge is 2.24. The van der Waals surface area contributed by atoms with Gasteiger partial charge in [0, 0.05) is 69.3 Å². The van der Waals surface area contributed by atoms with Crippen LogP contribution in [0.2, 0.25) is 0 Å². The van der Waals surface area contributed by atoms with Crippen LogP contribution in [0.3, 0.4) is 0 Å². The Bertz CT molecular complexity index is 1030. The van der Waals surface area contributed by atoms with E-state index in [9.17, 15) is 4.79 Å². The summed E-state index contributed by atoms with van der Waals surface area (Å²) < 4.78 is 10.4. The van der Waals surface area contributed by atoms with Crippen molar-refractivity contribution in [3.63, 3.8) is 0 Å². The van der Waals surface area contributed by atoms with Crippen molar-refractivity contribution in [1.82, 2.24) is 14.9 Å². The molecular weight excluding hydrogens is 404 g/mol. The minimum absolute atomic E-state index is 0.00814. The van der Waals surface area contributed by atoms with Crippen molar-refractivity contribution in [1.29, 1.82) is 0 Å². The average molecular weight is 431 g/mol. The zero-order valence-corrected chi connectivity index (χ0v) is 18.1. The summed E-state index contributed by atoms with van der Waals surface area (Å²) >= 11 is 0. The first kappa shape index (κ1) is 21.5. The molecule has 0 atom stereocenters. The first-order valence-corrected chi connectivity index (χ1v) is 10.5. The molecule has 7 heteroatoms. The van der Waals surface area contributed by atoms with Crippen molar-refractivity contribution in [3.05, 3.63) is 84.4 Å². The minimum Gasteiger partial charge on any atom is -0.468 e. The van der Waals surface area contributed by atoms with Gasteiger partial charge in [-0.05, 0) is 47.5 Å². The molecular formula is C25H26N4O3. The molecule has 2 aromatic heterocycles. The zero-order valence-electron chi connectivity index (χ0n) is 18.1. The largest absolute Gasteiger partial charge is 0.468 e. The number of hydrogen-bond donors (Lipinski definition) is 0. The number of carbonyl (C=O) groups excluding carboxylic acids is 1. The highest BCUT2D eigenvalue weighted by atomic mass is 16.7. The Kier molecular flexibility index (Phi) is 7.09. The van der Waals surface area contributed by atoms with Crippen LogP contribution in [0, 0.1) is 0 Å². The van der Waals surface area contributed by atoms with Crippen molar-refractivity contribution in [3.8, 4) is 5.75 Å². The Morgan fingerprint density at radius 1 is 0.969 bits per heavy atom. The molecule has 0 unspecified atom stereocenters. The second kappa shape index (κ2) is 10.5. The molecule has 164 valence electrons. The van der Waals surface area contributed by atoms with Crippen molar-refractivity contribution in [2.24, 2.45) is 0 Å². The van der Waals surface area contributed by atoms with Crippen LogP contribution >= 0.6 is 0 Å². The number of hydrogen-bond acceptors (Lipinski definition) is 6. The summed E-state index contributed by atoms with van der Waals surface area (Å²) in [6.45, 7) is 3.04. The number of benzene rings is 1. The van der Waals surface area contributed by atoms with Crippen molar-refractivity contribution in [2.45, 2.75) is 0 Å². The maximum absolute atomic E-state index is 13.6. The number of methoxy groups -OCH3 is 1. The van der Waals surface area contributed by atoms with E-state index in [2.05, 4.69) is 14.9 Å². The van der Waals surface area contributed by atoms with Crippen LogP contribution in [-0.2, 0) is 9.53 Å². The molecule has 7 nitrogen and oxygen atoms in total. The van der Waals surface area contributed by atoms with Crippen molar-refractivity contribution in [2.75, 3.05) is 45.0 Å². The van der Waals surface area contributed by atoms with Crippen molar-refractivity contribution >= 4 is 23.2 Å². The fraction of sp³-hybridized carbons (Fsp3) is 0.240. The molecule has 0 radical (unpaired) electrons. The van der Waals surface area contributed by atoms with E-state index in [-0.39, 0.29) is 12.7 Å². The molecule has 1 aliphatic rings. The first-order chi connectivity index (χ1) is 15.7. The third kappa shape index (κ3) is 5.31. The number of piperazine rings is 1. The lowest BCUT2D eigenvalue weighted by molar-refractivity contribution is -0.125. The van der Waals surface area contributed by atoms with E-state index in [1.807, 2.05) is 59.5 Å². The SMILES string of the molecule is COCOc1ccc(C(=Cc2cccnc2)C(=O)N2CCN(c3ccncc3)CC2)cc1. The number of aromatic nitrogens is 2. The van der Waals surface area contributed by atoms with Gasteiger partial charge in [0.1, 0.15) is 5.75 Å². The lowest BCUT2D eigenvalue weighted by atomic mass is 10.0. The Balaban J connectivity index is 1.54. The van der Waals surface area contributed by atoms with Crippen LogP contribution in [0.1, 0.15) is 11.1 Å². The predicted octanol–water partition coefficient (Wildman–Crippen LogP) is 3.35. The van der Waals surface area contributed by atoms with Gasteiger partial charge in [-0.15, -0.1) is 0 Å². The highest BCUT2D eigenvalue weighted by molar-refractivity contribution is 6.24. The molecule has 0 N–H and O–H groups in total. The van der Waals surface area contributed by atoms with Gasteiger partial charge in [-0.2, -0.15) is 0 Å². The molecule has 1 amide bonds. The zero-order chi connectivity index (χ0) is 22.2.